The minimum atomic E-state index is 0.507. The number of thioether (sulfide) groups is 1. The van der Waals surface area contributed by atoms with Gasteiger partial charge in [-0.05, 0) is 24.3 Å². The first-order valence-corrected chi connectivity index (χ1v) is 6.90. The molecule has 0 aliphatic rings. The summed E-state index contributed by atoms with van der Waals surface area (Å²) in [5, 5.41) is 3.54. The van der Waals surface area contributed by atoms with Crippen LogP contribution in [-0.4, -0.2) is 18.1 Å². The molecule has 1 atom stereocenters. The van der Waals surface area contributed by atoms with Crippen molar-refractivity contribution in [2.24, 2.45) is 0 Å². The van der Waals surface area contributed by atoms with E-state index in [-0.39, 0.29) is 0 Å². The normalized spacial score (nSPS) is 12.7. The highest BCUT2D eigenvalue weighted by atomic mass is 32.2. The van der Waals surface area contributed by atoms with Gasteiger partial charge in [-0.25, -0.2) is 0 Å². The molecule has 0 amide bonds. The SMILES string of the molecule is CCCSCC(NCC)c1ccccc1. The molecule has 0 spiro atoms. The zero-order chi connectivity index (χ0) is 10.9. The maximum atomic E-state index is 3.54. The van der Waals surface area contributed by atoms with E-state index in [0.717, 1.165) is 6.54 Å². The minimum absolute atomic E-state index is 0.507. The topological polar surface area (TPSA) is 12.0 Å². The summed E-state index contributed by atoms with van der Waals surface area (Å²) in [4.78, 5) is 0. The van der Waals surface area contributed by atoms with Crippen LogP contribution in [0.3, 0.4) is 0 Å². The smallest absolute Gasteiger partial charge is 0.0411 e. The Balaban J connectivity index is 2.50. The van der Waals surface area contributed by atoms with Crippen molar-refractivity contribution >= 4 is 11.8 Å². The highest BCUT2D eigenvalue weighted by Crippen LogP contribution is 2.18. The van der Waals surface area contributed by atoms with Gasteiger partial charge in [0.05, 0.1) is 0 Å². The Morgan fingerprint density at radius 3 is 2.53 bits per heavy atom. The van der Waals surface area contributed by atoms with Crippen LogP contribution in [0.25, 0.3) is 0 Å². The summed E-state index contributed by atoms with van der Waals surface area (Å²) in [5.74, 6) is 2.43. The Morgan fingerprint density at radius 1 is 1.20 bits per heavy atom. The van der Waals surface area contributed by atoms with Gasteiger partial charge in [-0.15, -0.1) is 0 Å². The van der Waals surface area contributed by atoms with Gasteiger partial charge in [0.1, 0.15) is 0 Å². The first-order valence-electron chi connectivity index (χ1n) is 5.74. The van der Waals surface area contributed by atoms with Crippen LogP contribution in [0.2, 0.25) is 0 Å². The van der Waals surface area contributed by atoms with Crippen LogP contribution >= 0.6 is 11.8 Å². The maximum absolute atomic E-state index is 3.54. The maximum Gasteiger partial charge on any atom is 0.0411 e. The molecule has 1 aromatic carbocycles. The van der Waals surface area contributed by atoms with Gasteiger partial charge in [-0.2, -0.15) is 11.8 Å². The lowest BCUT2D eigenvalue weighted by molar-refractivity contribution is 0.606. The molecule has 0 saturated carbocycles. The van der Waals surface area contributed by atoms with E-state index >= 15 is 0 Å². The van der Waals surface area contributed by atoms with Gasteiger partial charge in [-0.1, -0.05) is 44.2 Å². The van der Waals surface area contributed by atoms with Gasteiger partial charge >= 0.3 is 0 Å². The number of hydrogen-bond donors (Lipinski definition) is 1. The molecule has 0 heterocycles. The molecule has 1 rings (SSSR count). The standard InChI is InChI=1S/C13H21NS/c1-3-10-15-11-13(14-4-2)12-8-6-5-7-9-12/h5-9,13-14H,3-4,10-11H2,1-2H3. The predicted molar refractivity (Wildman–Crippen MR) is 70.5 cm³/mol. The van der Waals surface area contributed by atoms with E-state index in [1.54, 1.807) is 0 Å². The predicted octanol–water partition coefficient (Wildman–Crippen LogP) is 3.48. The van der Waals surface area contributed by atoms with Crippen LogP contribution in [0.5, 0.6) is 0 Å². The summed E-state index contributed by atoms with van der Waals surface area (Å²) >= 11 is 2.03. The van der Waals surface area contributed by atoms with Crippen molar-refractivity contribution in [2.45, 2.75) is 26.3 Å². The fraction of sp³-hybridized carbons (Fsp3) is 0.538. The third kappa shape index (κ3) is 4.72. The first kappa shape index (κ1) is 12.6. The Kier molecular flexibility index (Phi) is 6.53. The van der Waals surface area contributed by atoms with E-state index in [4.69, 9.17) is 0 Å². The molecule has 1 N–H and O–H groups in total. The fourth-order valence-corrected chi connectivity index (χ4v) is 2.55. The van der Waals surface area contributed by atoms with E-state index < -0.39 is 0 Å². The Hall–Kier alpha value is -0.470. The number of hydrogen-bond acceptors (Lipinski definition) is 2. The van der Waals surface area contributed by atoms with Gasteiger partial charge in [0.2, 0.25) is 0 Å². The second-order valence-electron chi connectivity index (χ2n) is 3.60. The average Bonchev–Trinajstić information content (AvgIpc) is 2.29. The van der Waals surface area contributed by atoms with Gasteiger partial charge in [0.25, 0.3) is 0 Å². The van der Waals surface area contributed by atoms with E-state index in [1.807, 2.05) is 11.8 Å². The molecule has 1 aromatic rings. The molecular formula is C13H21NS. The summed E-state index contributed by atoms with van der Waals surface area (Å²) in [6, 6.07) is 11.2. The lowest BCUT2D eigenvalue weighted by Gasteiger charge is -2.17. The van der Waals surface area contributed by atoms with Crippen LogP contribution < -0.4 is 5.32 Å². The summed E-state index contributed by atoms with van der Waals surface area (Å²) in [7, 11) is 0. The van der Waals surface area contributed by atoms with Gasteiger partial charge in [0, 0.05) is 11.8 Å². The van der Waals surface area contributed by atoms with Crippen LogP contribution in [-0.2, 0) is 0 Å². The molecule has 15 heavy (non-hydrogen) atoms. The molecule has 0 aliphatic heterocycles. The highest BCUT2D eigenvalue weighted by Gasteiger charge is 2.08. The molecule has 0 fully saturated rings. The van der Waals surface area contributed by atoms with Gasteiger partial charge in [-0.3, -0.25) is 0 Å². The van der Waals surface area contributed by atoms with Crippen molar-refractivity contribution in [3.8, 4) is 0 Å². The molecule has 84 valence electrons. The summed E-state index contributed by atoms with van der Waals surface area (Å²) < 4.78 is 0. The summed E-state index contributed by atoms with van der Waals surface area (Å²) in [5.41, 5.74) is 1.41. The van der Waals surface area contributed by atoms with Crippen molar-refractivity contribution in [2.75, 3.05) is 18.1 Å². The Bertz CT molecular complexity index is 248. The van der Waals surface area contributed by atoms with Crippen molar-refractivity contribution in [3.63, 3.8) is 0 Å². The second kappa shape index (κ2) is 7.77. The number of nitrogens with one attached hydrogen (secondary N) is 1. The molecule has 2 heteroatoms. The largest absolute Gasteiger partial charge is 0.310 e. The molecule has 0 radical (unpaired) electrons. The zero-order valence-electron chi connectivity index (χ0n) is 9.70. The molecule has 1 nitrogen and oxygen atoms in total. The summed E-state index contributed by atoms with van der Waals surface area (Å²) in [6.07, 6.45) is 1.26. The monoisotopic (exact) mass is 223 g/mol. The van der Waals surface area contributed by atoms with Crippen molar-refractivity contribution < 1.29 is 0 Å². The number of benzene rings is 1. The molecular weight excluding hydrogens is 202 g/mol. The lowest BCUT2D eigenvalue weighted by atomic mass is 10.1. The van der Waals surface area contributed by atoms with Crippen LogP contribution in [0, 0.1) is 0 Å². The van der Waals surface area contributed by atoms with Crippen LogP contribution in [0.15, 0.2) is 30.3 Å². The average molecular weight is 223 g/mol. The quantitative estimate of drug-likeness (QED) is 0.710. The minimum Gasteiger partial charge on any atom is -0.310 e. The molecule has 0 saturated heterocycles. The third-order valence-corrected chi connectivity index (χ3v) is 3.55. The second-order valence-corrected chi connectivity index (χ2v) is 4.75. The van der Waals surface area contributed by atoms with Gasteiger partial charge in [0.15, 0.2) is 0 Å². The molecule has 0 bridgehead atoms. The van der Waals surface area contributed by atoms with Crippen molar-refractivity contribution in [1.29, 1.82) is 0 Å². The first-order chi connectivity index (χ1) is 7.38. The summed E-state index contributed by atoms with van der Waals surface area (Å²) in [6.45, 7) is 5.43. The molecule has 0 aromatic heterocycles. The zero-order valence-corrected chi connectivity index (χ0v) is 10.5. The highest BCUT2D eigenvalue weighted by molar-refractivity contribution is 7.99. The van der Waals surface area contributed by atoms with Crippen LogP contribution in [0.1, 0.15) is 31.9 Å². The van der Waals surface area contributed by atoms with Crippen molar-refractivity contribution in [1.82, 2.24) is 5.32 Å². The van der Waals surface area contributed by atoms with Crippen LogP contribution in [0.4, 0.5) is 0 Å². The molecule has 1 unspecified atom stereocenters. The third-order valence-electron chi connectivity index (χ3n) is 2.29. The van der Waals surface area contributed by atoms with E-state index in [1.165, 1.54) is 23.5 Å². The number of rotatable bonds is 7. The van der Waals surface area contributed by atoms with E-state index in [0.29, 0.717) is 6.04 Å². The Morgan fingerprint density at radius 2 is 1.93 bits per heavy atom. The van der Waals surface area contributed by atoms with E-state index in [9.17, 15) is 0 Å². The van der Waals surface area contributed by atoms with Gasteiger partial charge < -0.3 is 5.32 Å². The van der Waals surface area contributed by atoms with Crippen molar-refractivity contribution in [3.05, 3.63) is 35.9 Å². The lowest BCUT2D eigenvalue weighted by Crippen LogP contribution is -2.23. The Labute approximate surface area is 97.7 Å². The molecule has 0 aliphatic carbocycles. The van der Waals surface area contributed by atoms with E-state index in [2.05, 4.69) is 49.5 Å². The fourth-order valence-electron chi connectivity index (χ4n) is 1.55.